The lowest BCUT2D eigenvalue weighted by Crippen LogP contribution is -2.47. The molecule has 98 valence electrons. The summed E-state index contributed by atoms with van der Waals surface area (Å²) in [6.45, 7) is 1.36. The van der Waals surface area contributed by atoms with Crippen LogP contribution in [0.4, 0.5) is 8.78 Å². The van der Waals surface area contributed by atoms with Crippen molar-refractivity contribution in [3.05, 3.63) is 0 Å². The van der Waals surface area contributed by atoms with Gasteiger partial charge in [-0.15, -0.1) is 0 Å². The largest absolute Gasteiger partial charge is 0.385 e. The molecule has 0 aromatic heterocycles. The van der Waals surface area contributed by atoms with Crippen LogP contribution in [0.3, 0.4) is 0 Å². The highest BCUT2D eigenvalue weighted by atomic mass is 19.3. The summed E-state index contributed by atoms with van der Waals surface area (Å²) in [7, 11) is 0. The van der Waals surface area contributed by atoms with Gasteiger partial charge in [-0.3, -0.25) is 9.59 Å². The highest BCUT2D eigenvalue weighted by molar-refractivity contribution is 5.87. The quantitative estimate of drug-likeness (QED) is 0.722. The van der Waals surface area contributed by atoms with Gasteiger partial charge in [0.15, 0.2) is 0 Å². The molecule has 2 unspecified atom stereocenters. The van der Waals surface area contributed by atoms with Crippen molar-refractivity contribution in [3.8, 4) is 0 Å². The Balaban J connectivity index is 2.44. The molecule has 17 heavy (non-hydrogen) atoms. The van der Waals surface area contributed by atoms with Crippen molar-refractivity contribution in [1.29, 1.82) is 0 Å². The molecule has 5 nitrogen and oxygen atoms in total. The number of hydrogen-bond acceptors (Lipinski definition) is 3. The molecule has 1 aliphatic rings. The van der Waals surface area contributed by atoms with E-state index in [1.54, 1.807) is 0 Å². The zero-order chi connectivity index (χ0) is 13.0. The van der Waals surface area contributed by atoms with Gasteiger partial charge in [0.1, 0.15) is 12.1 Å². The van der Waals surface area contributed by atoms with Gasteiger partial charge in [-0.2, -0.15) is 0 Å². The van der Waals surface area contributed by atoms with E-state index in [1.807, 2.05) is 0 Å². The number of nitrogens with one attached hydrogen (secondary N) is 1. The van der Waals surface area contributed by atoms with Crippen molar-refractivity contribution >= 4 is 11.8 Å². The highest BCUT2D eigenvalue weighted by Crippen LogP contribution is 2.17. The number of carbonyl (C=O) groups excluding carboxylic acids is 2. The van der Waals surface area contributed by atoms with Gasteiger partial charge in [0.05, 0.1) is 0 Å². The molecule has 0 radical (unpaired) electrons. The summed E-state index contributed by atoms with van der Waals surface area (Å²) in [5, 5.41) is 11.1. The normalized spacial score (nSPS) is 21.7. The Morgan fingerprint density at radius 2 is 2.18 bits per heavy atom. The number of amides is 2. The number of likely N-dealkylation sites (tertiary alicyclic amines) is 1. The minimum atomic E-state index is -2.89. The van der Waals surface area contributed by atoms with Gasteiger partial charge in [-0.05, 0) is 12.8 Å². The molecule has 1 aliphatic heterocycles. The minimum Gasteiger partial charge on any atom is -0.385 e. The van der Waals surface area contributed by atoms with E-state index in [9.17, 15) is 18.4 Å². The Labute approximate surface area is 97.8 Å². The first-order chi connectivity index (χ1) is 7.93. The van der Waals surface area contributed by atoms with Crippen LogP contribution >= 0.6 is 0 Å². The van der Waals surface area contributed by atoms with E-state index in [1.165, 1.54) is 11.8 Å². The third-order valence-corrected chi connectivity index (χ3v) is 2.74. The number of rotatable bonds is 4. The number of alkyl halides is 2. The van der Waals surface area contributed by atoms with E-state index in [-0.39, 0.29) is 5.91 Å². The van der Waals surface area contributed by atoms with E-state index >= 15 is 0 Å². The molecule has 0 spiro atoms. The number of hydrogen-bond donors (Lipinski definition) is 2. The second-order valence-electron chi connectivity index (χ2n) is 4.02. The molecule has 0 aromatic carbocycles. The van der Waals surface area contributed by atoms with Crippen molar-refractivity contribution in [3.63, 3.8) is 0 Å². The Hall–Kier alpha value is -1.24. The molecular weight excluding hydrogens is 234 g/mol. The molecule has 7 heteroatoms. The minimum absolute atomic E-state index is 0.211. The van der Waals surface area contributed by atoms with E-state index in [0.717, 1.165) is 6.42 Å². The molecular formula is C10H16F2N2O3. The van der Waals surface area contributed by atoms with E-state index in [4.69, 9.17) is 5.11 Å². The summed E-state index contributed by atoms with van der Waals surface area (Å²) >= 11 is 0. The fourth-order valence-corrected chi connectivity index (χ4v) is 1.83. The smallest absolute Gasteiger partial charge is 0.265 e. The van der Waals surface area contributed by atoms with Crippen molar-refractivity contribution < 1.29 is 23.5 Å². The average Bonchev–Trinajstić information content (AvgIpc) is 2.73. The number of aliphatic hydroxyl groups excluding tert-OH is 1. The maximum absolute atomic E-state index is 12.0. The van der Waals surface area contributed by atoms with Crippen molar-refractivity contribution in [2.45, 2.75) is 38.3 Å². The molecule has 2 atom stereocenters. The van der Waals surface area contributed by atoms with Gasteiger partial charge < -0.3 is 15.3 Å². The van der Waals surface area contributed by atoms with Gasteiger partial charge in [0.2, 0.25) is 11.8 Å². The van der Waals surface area contributed by atoms with Crippen LogP contribution in [0.25, 0.3) is 0 Å². The van der Waals surface area contributed by atoms with E-state index in [2.05, 4.69) is 5.32 Å². The predicted molar refractivity (Wildman–Crippen MR) is 55.4 cm³/mol. The fourth-order valence-electron chi connectivity index (χ4n) is 1.83. The van der Waals surface area contributed by atoms with Crippen LogP contribution in [0.5, 0.6) is 0 Å². The number of halogens is 2. The van der Waals surface area contributed by atoms with Crippen LogP contribution in [0.1, 0.15) is 19.8 Å². The SMILES string of the molecule is CC(=O)N1CCCC1C(=O)NCC(O)C(F)F. The molecule has 2 N–H and O–H groups in total. The first-order valence-electron chi connectivity index (χ1n) is 5.44. The van der Waals surface area contributed by atoms with Crippen molar-refractivity contribution in [2.75, 3.05) is 13.1 Å². The number of aliphatic hydroxyl groups is 1. The lowest BCUT2D eigenvalue weighted by atomic mass is 10.2. The summed E-state index contributed by atoms with van der Waals surface area (Å²) in [5.74, 6) is -0.700. The zero-order valence-electron chi connectivity index (χ0n) is 9.53. The van der Waals surface area contributed by atoms with Crippen LogP contribution in [0.2, 0.25) is 0 Å². The summed E-state index contributed by atoms with van der Waals surface area (Å²) < 4.78 is 24.0. The maximum Gasteiger partial charge on any atom is 0.265 e. The summed E-state index contributed by atoms with van der Waals surface area (Å²) in [5.41, 5.74) is 0. The van der Waals surface area contributed by atoms with Crippen LogP contribution in [-0.2, 0) is 9.59 Å². The van der Waals surface area contributed by atoms with Gasteiger partial charge in [-0.25, -0.2) is 8.78 Å². The molecule has 0 aromatic rings. The molecule has 2 amide bonds. The fraction of sp³-hybridized carbons (Fsp3) is 0.800. The third kappa shape index (κ3) is 3.62. The second-order valence-corrected chi connectivity index (χ2v) is 4.02. The molecule has 1 rings (SSSR count). The zero-order valence-corrected chi connectivity index (χ0v) is 9.53. The summed E-state index contributed by atoms with van der Waals surface area (Å²) in [4.78, 5) is 24.2. The van der Waals surface area contributed by atoms with Gasteiger partial charge >= 0.3 is 0 Å². The van der Waals surface area contributed by atoms with Crippen LogP contribution < -0.4 is 5.32 Å². The van der Waals surface area contributed by atoms with Crippen LogP contribution in [-0.4, -0.2) is 53.5 Å². The van der Waals surface area contributed by atoms with Crippen molar-refractivity contribution in [1.82, 2.24) is 10.2 Å². The average molecular weight is 250 g/mol. The molecule has 0 bridgehead atoms. The number of carbonyl (C=O) groups is 2. The Morgan fingerprint density at radius 1 is 1.53 bits per heavy atom. The Morgan fingerprint density at radius 3 is 2.71 bits per heavy atom. The Kier molecular flexibility index (Phi) is 4.80. The molecule has 1 fully saturated rings. The first-order valence-corrected chi connectivity index (χ1v) is 5.44. The van der Waals surface area contributed by atoms with Crippen molar-refractivity contribution in [2.24, 2.45) is 0 Å². The number of nitrogens with zero attached hydrogens (tertiary/aromatic N) is 1. The standard InChI is InChI=1S/C10H16F2N2O3/c1-6(15)14-4-2-3-7(14)10(17)13-5-8(16)9(11)12/h7-9,16H,2-5H2,1H3,(H,13,17). The monoisotopic (exact) mass is 250 g/mol. The van der Waals surface area contributed by atoms with E-state index in [0.29, 0.717) is 13.0 Å². The molecule has 1 saturated heterocycles. The van der Waals surface area contributed by atoms with Gasteiger partial charge in [0.25, 0.3) is 6.43 Å². The topological polar surface area (TPSA) is 69.6 Å². The lowest BCUT2D eigenvalue weighted by molar-refractivity contribution is -0.137. The second kappa shape index (κ2) is 5.90. The first kappa shape index (κ1) is 13.8. The van der Waals surface area contributed by atoms with Gasteiger partial charge in [-0.1, -0.05) is 0 Å². The van der Waals surface area contributed by atoms with Gasteiger partial charge in [0, 0.05) is 20.0 Å². The highest BCUT2D eigenvalue weighted by Gasteiger charge is 2.32. The summed E-state index contributed by atoms with van der Waals surface area (Å²) in [6.07, 6.45) is -3.51. The van der Waals surface area contributed by atoms with Crippen LogP contribution in [0.15, 0.2) is 0 Å². The molecule has 1 heterocycles. The summed E-state index contributed by atoms with van der Waals surface area (Å²) in [6, 6.07) is -0.600. The molecule has 0 saturated carbocycles. The molecule has 0 aliphatic carbocycles. The lowest BCUT2D eigenvalue weighted by Gasteiger charge is -2.22. The Bertz CT molecular complexity index is 299. The predicted octanol–water partition coefficient (Wildman–Crippen LogP) is -0.260. The third-order valence-electron chi connectivity index (χ3n) is 2.74. The van der Waals surface area contributed by atoms with Crippen LogP contribution in [0, 0.1) is 0 Å². The van der Waals surface area contributed by atoms with E-state index < -0.39 is 31.0 Å². The maximum atomic E-state index is 12.0.